The summed E-state index contributed by atoms with van der Waals surface area (Å²) in [5.41, 5.74) is 0. The third kappa shape index (κ3) is 46.2. The molecule has 0 spiro atoms. The van der Waals surface area contributed by atoms with E-state index in [1.54, 1.807) is 6.08 Å². The van der Waals surface area contributed by atoms with Crippen LogP contribution in [0.5, 0.6) is 0 Å². The zero-order valence-electron chi connectivity index (χ0n) is 52.8. The highest BCUT2D eigenvalue weighted by atomic mass is 16.7. The quantitative estimate of drug-likeness (QED) is 0.0195. The largest absolute Gasteiger partial charge is 0.454 e. The molecule has 0 aromatic heterocycles. The Morgan fingerprint density at radius 2 is 0.867 bits per heavy atom. The molecule has 1 aliphatic heterocycles. The summed E-state index contributed by atoms with van der Waals surface area (Å²) in [5.74, 6) is -1.23. The highest BCUT2D eigenvalue weighted by molar-refractivity contribution is 5.80. The van der Waals surface area contributed by atoms with Gasteiger partial charge in [0.15, 0.2) is 12.4 Å². The zero-order valence-corrected chi connectivity index (χ0v) is 52.8. The number of nitrogens with one attached hydrogen (secondary N) is 1. The van der Waals surface area contributed by atoms with Crippen LogP contribution in [0.3, 0.4) is 0 Å². The summed E-state index contributed by atoms with van der Waals surface area (Å²) in [7, 11) is 0. The third-order valence-corrected chi connectivity index (χ3v) is 15.2. The lowest BCUT2D eigenvalue weighted by Gasteiger charge is -2.41. The van der Waals surface area contributed by atoms with Gasteiger partial charge in [0.2, 0.25) is 5.91 Å². The Kier molecular flexibility index (Phi) is 54.7. The second-order valence-electron chi connectivity index (χ2n) is 22.8. The number of rotatable bonds is 56. The van der Waals surface area contributed by atoms with Crippen molar-refractivity contribution in [3.63, 3.8) is 0 Å². The van der Waals surface area contributed by atoms with Crippen LogP contribution in [0.2, 0.25) is 0 Å². The van der Waals surface area contributed by atoms with E-state index in [2.05, 4.69) is 123 Å². The maximum absolute atomic E-state index is 13.4. The number of hydrogen-bond donors (Lipinski definition) is 6. The predicted octanol–water partition coefficient (Wildman–Crippen LogP) is 16.8. The standard InChI is InChI=1S/C72H123NO10/c1-4-7-10-13-16-19-22-25-27-29-30-31-32-33-34-35-36-37-39-42-45-48-51-54-57-60-67(77)83-70-69(79)68(78)66(61-74)82-72(70)81-62-63(64(75)58-55-52-49-46-43-40-24-21-18-15-12-9-6-3)73-71(80)65(76)59-56-53-50-47-44-41-38-28-26-23-20-17-14-11-8-5-2/h7,10,16-17,19-20,25-28,30-31,33-34,41,44,55,58,63-66,68-70,72,74-76,78-79H,4-6,8-9,11-15,18,21-24,29,32,35-40,42-43,45-54,56-57,59-62H2,1-3H3,(H,73,80)/b10-7-,19-16-,20-17-,27-25-,28-26-,31-30-,34-33-,44-41-,58-55+. The lowest BCUT2D eigenvalue weighted by atomic mass is 9.99. The Hall–Kier alpha value is -3.68. The molecule has 0 radical (unpaired) electrons. The van der Waals surface area contributed by atoms with Gasteiger partial charge in [0.05, 0.1) is 25.4 Å². The molecular formula is C72H123NO10. The van der Waals surface area contributed by atoms with Gasteiger partial charge >= 0.3 is 5.97 Å². The van der Waals surface area contributed by atoms with Gasteiger partial charge in [-0.3, -0.25) is 9.59 Å². The van der Waals surface area contributed by atoms with Crippen molar-refractivity contribution >= 4 is 11.9 Å². The van der Waals surface area contributed by atoms with Gasteiger partial charge < -0.3 is 45.1 Å². The molecular weight excluding hydrogens is 1040 g/mol. The average molecular weight is 1160 g/mol. The van der Waals surface area contributed by atoms with E-state index in [0.717, 1.165) is 122 Å². The Labute approximate surface area is 507 Å². The number of carbonyl (C=O) groups is 2. The summed E-state index contributed by atoms with van der Waals surface area (Å²) in [6, 6.07) is -1.04. The smallest absolute Gasteiger partial charge is 0.306 e. The van der Waals surface area contributed by atoms with Gasteiger partial charge in [-0.25, -0.2) is 0 Å². The van der Waals surface area contributed by atoms with Crippen molar-refractivity contribution in [2.24, 2.45) is 0 Å². The molecule has 476 valence electrons. The van der Waals surface area contributed by atoms with Crippen LogP contribution in [0.15, 0.2) is 109 Å². The monoisotopic (exact) mass is 1160 g/mol. The lowest BCUT2D eigenvalue weighted by Crippen LogP contribution is -2.61. The van der Waals surface area contributed by atoms with Crippen LogP contribution in [0, 0.1) is 0 Å². The molecule has 1 saturated heterocycles. The molecule has 1 aliphatic rings. The number of ether oxygens (including phenoxy) is 3. The van der Waals surface area contributed by atoms with Crippen molar-refractivity contribution in [2.45, 2.75) is 320 Å². The summed E-state index contributed by atoms with van der Waals surface area (Å²) in [5, 5.41) is 57.1. The SMILES string of the molecule is CC/C=C\C/C=C\C/C=C\C/C=C\C/C=C\CCCCCCCCCCCC(=O)OC1C(OCC(NC(=O)C(O)CCCCC/C=C\C/C=C\C/C=C\CCCCC)C(O)/C=C/CCCCCCCCCCCCC)OC(CO)C(O)C1O. The van der Waals surface area contributed by atoms with Gasteiger partial charge in [-0.1, -0.05) is 265 Å². The highest BCUT2D eigenvalue weighted by Gasteiger charge is 2.47. The zero-order chi connectivity index (χ0) is 60.3. The van der Waals surface area contributed by atoms with E-state index < -0.39 is 67.4 Å². The molecule has 0 aromatic rings. The summed E-state index contributed by atoms with van der Waals surface area (Å²) >= 11 is 0. The first-order valence-corrected chi connectivity index (χ1v) is 33.7. The van der Waals surface area contributed by atoms with E-state index in [1.165, 1.54) is 103 Å². The fourth-order valence-electron chi connectivity index (χ4n) is 9.86. The summed E-state index contributed by atoms with van der Waals surface area (Å²) < 4.78 is 17.7. The van der Waals surface area contributed by atoms with Crippen molar-refractivity contribution in [1.29, 1.82) is 0 Å². The average Bonchev–Trinajstić information content (AvgIpc) is 3.58. The van der Waals surface area contributed by atoms with Gasteiger partial charge in [0.1, 0.15) is 24.4 Å². The van der Waals surface area contributed by atoms with Gasteiger partial charge in [-0.15, -0.1) is 0 Å². The molecule has 8 unspecified atom stereocenters. The molecule has 8 atom stereocenters. The number of aliphatic hydroxyl groups excluding tert-OH is 5. The first kappa shape index (κ1) is 77.3. The normalized spacial score (nSPS) is 19.3. The summed E-state index contributed by atoms with van der Waals surface area (Å²) in [6.07, 6.45) is 69.7. The fraction of sp³-hybridized carbons (Fsp3) is 0.722. The molecule has 0 aromatic carbocycles. The molecule has 1 amide bonds. The number of aliphatic hydroxyl groups is 5. The Balaban J connectivity index is 2.63. The summed E-state index contributed by atoms with van der Waals surface area (Å²) in [4.78, 5) is 26.6. The van der Waals surface area contributed by atoms with Gasteiger partial charge in [0.25, 0.3) is 0 Å². The van der Waals surface area contributed by atoms with Crippen molar-refractivity contribution in [3.8, 4) is 0 Å². The minimum atomic E-state index is -1.63. The number of unbranched alkanes of at least 4 members (excludes halogenated alkanes) is 26. The maximum atomic E-state index is 13.4. The van der Waals surface area contributed by atoms with Gasteiger partial charge in [-0.2, -0.15) is 0 Å². The van der Waals surface area contributed by atoms with Crippen molar-refractivity contribution in [1.82, 2.24) is 5.32 Å². The lowest BCUT2D eigenvalue weighted by molar-refractivity contribution is -0.305. The minimum Gasteiger partial charge on any atom is -0.454 e. The van der Waals surface area contributed by atoms with Crippen LogP contribution in [0.1, 0.15) is 271 Å². The highest BCUT2D eigenvalue weighted by Crippen LogP contribution is 2.26. The molecule has 11 nitrogen and oxygen atoms in total. The predicted molar refractivity (Wildman–Crippen MR) is 347 cm³/mol. The first-order chi connectivity index (χ1) is 40.7. The van der Waals surface area contributed by atoms with Crippen LogP contribution < -0.4 is 5.32 Å². The second kappa shape index (κ2) is 58.7. The molecule has 83 heavy (non-hydrogen) atoms. The number of carbonyl (C=O) groups excluding carboxylic acids is 2. The molecule has 0 aliphatic carbocycles. The van der Waals surface area contributed by atoms with Crippen molar-refractivity contribution < 1.29 is 49.3 Å². The topological polar surface area (TPSA) is 175 Å². The van der Waals surface area contributed by atoms with Crippen LogP contribution in [0.25, 0.3) is 0 Å². The van der Waals surface area contributed by atoms with Crippen LogP contribution in [0.4, 0.5) is 0 Å². The molecule has 1 fully saturated rings. The molecule has 6 N–H and O–H groups in total. The molecule has 11 heteroatoms. The Morgan fingerprint density at radius 1 is 0.482 bits per heavy atom. The minimum absolute atomic E-state index is 0.107. The van der Waals surface area contributed by atoms with Crippen LogP contribution >= 0.6 is 0 Å². The maximum Gasteiger partial charge on any atom is 0.306 e. The second-order valence-corrected chi connectivity index (χ2v) is 22.8. The Morgan fingerprint density at radius 3 is 1.33 bits per heavy atom. The molecule has 0 saturated carbocycles. The van der Waals surface area contributed by atoms with E-state index in [1.807, 2.05) is 6.08 Å². The van der Waals surface area contributed by atoms with E-state index in [9.17, 15) is 35.1 Å². The molecule has 1 heterocycles. The van der Waals surface area contributed by atoms with E-state index in [0.29, 0.717) is 12.8 Å². The fourth-order valence-corrected chi connectivity index (χ4v) is 9.86. The molecule has 1 rings (SSSR count). The van der Waals surface area contributed by atoms with Crippen LogP contribution in [-0.4, -0.2) is 99.6 Å². The number of hydrogen-bond acceptors (Lipinski definition) is 10. The van der Waals surface area contributed by atoms with E-state index in [-0.39, 0.29) is 19.4 Å². The van der Waals surface area contributed by atoms with Gasteiger partial charge in [0, 0.05) is 6.42 Å². The Bertz CT molecular complexity index is 1770. The summed E-state index contributed by atoms with van der Waals surface area (Å²) in [6.45, 7) is 5.64. The van der Waals surface area contributed by atoms with Crippen LogP contribution in [-0.2, 0) is 23.8 Å². The first-order valence-electron chi connectivity index (χ1n) is 33.7. The van der Waals surface area contributed by atoms with Crippen molar-refractivity contribution in [2.75, 3.05) is 13.2 Å². The van der Waals surface area contributed by atoms with Gasteiger partial charge in [-0.05, 0) is 109 Å². The third-order valence-electron chi connectivity index (χ3n) is 15.2. The van der Waals surface area contributed by atoms with E-state index >= 15 is 0 Å². The number of allylic oxidation sites excluding steroid dienone is 17. The molecule has 0 bridgehead atoms. The number of esters is 1. The van der Waals surface area contributed by atoms with Crippen molar-refractivity contribution in [3.05, 3.63) is 109 Å². The number of amides is 1. The van der Waals surface area contributed by atoms with E-state index in [4.69, 9.17) is 14.2 Å².